The molecule has 0 spiro atoms. The zero-order valence-electron chi connectivity index (χ0n) is 19.4. The zero-order valence-corrected chi connectivity index (χ0v) is 19.4. The van der Waals surface area contributed by atoms with E-state index in [1.807, 2.05) is 0 Å². The van der Waals surface area contributed by atoms with E-state index in [4.69, 9.17) is 0 Å². The molecule has 1 aliphatic carbocycles. The third kappa shape index (κ3) is 1.79. The minimum absolute atomic E-state index is 0.274. The molecule has 0 amide bonds. The van der Waals surface area contributed by atoms with E-state index >= 15 is 0 Å². The van der Waals surface area contributed by atoms with Crippen molar-refractivity contribution in [2.45, 2.75) is 12.0 Å². The van der Waals surface area contributed by atoms with Crippen molar-refractivity contribution in [3.05, 3.63) is 120 Å². The van der Waals surface area contributed by atoms with Crippen molar-refractivity contribution >= 4 is 66.0 Å². The lowest BCUT2D eigenvalue weighted by Crippen LogP contribution is -2.16. The molecule has 0 N–H and O–H groups in total. The average molecular weight is 457 g/mol. The van der Waals surface area contributed by atoms with Crippen molar-refractivity contribution in [2.24, 2.45) is 0 Å². The maximum Gasteiger partial charge on any atom is 0.0702 e. The first kappa shape index (κ1) is 17.8. The van der Waals surface area contributed by atoms with Gasteiger partial charge >= 0.3 is 0 Å². The predicted molar refractivity (Wildman–Crippen MR) is 150 cm³/mol. The summed E-state index contributed by atoms with van der Waals surface area (Å²) >= 11 is 0. The third-order valence-electron chi connectivity index (χ3n) is 8.99. The maximum atomic E-state index is 2.63. The molecule has 2 heteroatoms. The van der Waals surface area contributed by atoms with Gasteiger partial charge in [-0.1, -0.05) is 97.1 Å². The van der Waals surface area contributed by atoms with Crippen LogP contribution in [0.1, 0.15) is 28.7 Å². The summed E-state index contributed by atoms with van der Waals surface area (Å²) in [6.45, 7) is 0. The van der Waals surface area contributed by atoms with Gasteiger partial charge in [0.25, 0.3) is 0 Å². The van der Waals surface area contributed by atoms with E-state index in [1.165, 1.54) is 76.6 Å². The second kappa shape index (κ2) is 5.80. The minimum atomic E-state index is 0.274. The summed E-state index contributed by atoms with van der Waals surface area (Å²) in [7, 11) is 0. The van der Waals surface area contributed by atoms with Gasteiger partial charge in [0.1, 0.15) is 0 Å². The van der Waals surface area contributed by atoms with E-state index in [1.54, 1.807) is 0 Å². The summed E-state index contributed by atoms with van der Waals surface area (Å²) in [5, 5.41) is 8.11. The molecule has 0 saturated carbocycles. The molecular weight excluding hydrogens is 436 g/mol. The monoisotopic (exact) mass is 456 g/mol. The lowest BCUT2D eigenvalue weighted by atomic mass is 9.81. The molecule has 2 atom stereocenters. The Bertz CT molecular complexity index is 2270. The molecule has 4 heterocycles. The van der Waals surface area contributed by atoms with Gasteiger partial charge in [-0.15, -0.1) is 0 Å². The van der Waals surface area contributed by atoms with E-state index in [-0.39, 0.29) is 6.04 Å². The van der Waals surface area contributed by atoms with Crippen LogP contribution < -0.4 is 0 Å². The minimum Gasteiger partial charge on any atom is -0.332 e. The van der Waals surface area contributed by atoms with Crippen molar-refractivity contribution in [2.75, 3.05) is 0 Å². The van der Waals surface area contributed by atoms with E-state index in [0.717, 1.165) is 0 Å². The van der Waals surface area contributed by atoms with E-state index < -0.39 is 0 Å². The quantitative estimate of drug-likeness (QED) is 0.216. The number of hydrogen-bond acceptors (Lipinski definition) is 0. The fraction of sp³-hybridized carbons (Fsp3) is 0.0588. The third-order valence-corrected chi connectivity index (χ3v) is 8.99. The van der Waals surface area contributed by atoms with Crippen molar-refractivity contribution in [1.29, 1.82) is 0 Å². The molecule has 5 aromatic carbocycles. The van der Waals surface area contributed by atoms with Gasteiger partial charge < -0.3 is 8.97 Å². The Kier molecular flexibility index (Phi) is 2.87. The fourth-order valence-electron chi connectivity index (χ4n) is 7.69. The highest BCUT2D eigenvalue weighted by molar-refractivity contribution is 6.24. The van der Waals surface area contributed by atoms with Crippen molar-refractivity contribution in [3.63, 3.8) is 0 Å². The van der Waals surface area contributed by atoms with Gasteiger partial charge in [-0.2, -0.15) is 0 Å². The van der Waals surface area contributed by atoms with Crippen LogP contribution in [0.2, 0.25) is 0 Å². The highest BCUT2D eigenvalue weighted by Gasteiger charge is 2.39. The van der Waals surface area contributed by atoms with Gasteiger partial charge in [0, 0.05) is 49.3 Å². The Morgan fingerprint density at radius 1 is 0.472 bits per heavy atom. The highest BCUT2D eigenvalue weighted by atomic mass is 15.1. The summed E-state index contributed by atoms with van der Waals surface area (Å²) in [4.78, 5) is 0. The second-order valence-corrected chi connectivity index (χ2v) is 10.5. The van der Waals surface area contributed by atoms with Crippen LogP contribution in [0.5, 0.6) is 0 Å². The van der Waals surface area contributed by atoms with E-state index in [0.29, 0.717) is 5.92 Å². The molecule has 36 heavy (non-hydrogen) atoms. The Labute approximate surface area is 206 Å². The van der Waals surface area contributed by atoms with Crippen LogP contribution in [0, 0.1) is 0 Å². The van der Waals surface area contributed by atoms with Gasteiger partial charge in [-0.05, 0) is 23.3 Å². The van der Waals surface area contributed by atoms with Gasteiger partial charge in [0.05, 0.1) is 28.1 Å². The van der Waals surface area contributed by atoms with Crippen LogP contribution in [0.3, 0.4) is 0 Å². The normalized spacial score (nSPS) is 18.4. The number of fused-ring (bicyclic) bond motifs is 15. The number of rotatable bonds is 0. The maximum absolute atomic E-state index is 2.63. The molecule has 3 aromatic heterocycles. The first-order valence-corrected chi connectivity index (χ1v) is 12.8. The average Bonchev–Trinajstić information content (AvgIpc) is 3.66. The Morgan fingerprint density at radius 2 is 1.11 bits per heavy atom. The zero-order chi connectivity index (χ0) is 23.1. The number of nitrogens with zero attached hydrogens (tertiary/aromatic N) is 2. The van der Waals surface area contributed by atoms with Crippen LogP contribution >= 0.6 is 0 Å². The molecule has 10 rings (SSSR count). The molecule has 0 fully saturated rings. The summed E-state index contributed by atoms with van der Waals surface area (Å²) in [5.74, 6) is 0.365. The summed E-state index contributed by atoms with van der Waals surface area (Å²) in [6.07, 6.45) is 4.88. The molecule has 8 aromatic rings. The van der Waals surface area contributed by atoms with Crippen LogP contribution in [0.25, 0.3) is 66.0 Å². The van der Waals surface area contributed by atoms with Gasteiger partial charge in [0.15, 0.2) is 0 Å². The molecule has 166 valence electrons. The molecule has 0 bridgehead atoms. The van der Waals surface area contributed by atoms with Crippen molar-refractivity contribution in [3.8, 4) is 0 Å². The lowest BCUT2D eigenvalue weighted by molar-refractivity contribution is 0.595. The first-order valence-electron chi connectivity index (χ1n) is 12.8. The Balaban J connectivity index is 1.39. The fourth-order valence-corrected chi connectivity index (χ4v) is 7.69. The standard InChI is InChI=1S/C34H20N2/c1-3-13-29-19(7-1)21-9-5-11-23-25-15-18-28-27(33(25)35(29)31(21)23)17-16-26-24-12-6-10-22-20-8-2-4-14-30(20)36(32(22)24)34(26)28/h1-18,25,33H. The van der Waals surface area contributed by atoms with E-state index in [2.05, 4.69) is 118 Å². The van der Waals surface area contributed by atoms with Crippen LogP contribution in [0.15, 0.2) is 103 Å². The highest BCUT2D eigenvalue weighted by Crippen LogP contribution is 2.54. The van der Waals surface area contributed by atoms with Crippen LogP contribution in [-0.2, 0) is 0 Å². The number of hydrogen-bond donors (Lipinski definition) is 0. The predicted octanol–water partition coefficient (Wildman–Crippen LogP) is 8.66. The molecule has 2 nitrogen and oxygen atoms in total. The molecule has 0 radical (unpaired) electrons. The lowest BCUT2D eigenvalue weighted by Gasteiger charge is -2.27. The van der Waals surface area contributed by atoms with Gasteiger partial charge in [-0.3, -0.25) is 0 Å². The largest absolute Gasteiger partial charge is 0.332 e. The number of allylic oxidation sites excluding steroid dienone is 1. The van der Waals surface area contributed by atoms with Gasteiger partial charge in [0.2, 0.25) is 0 Å². The first-order chi connectivity index (χ1) is 17.9. The number of benzene rings is 5. The van der Waals surface area contributed by atoms with E-state index in [9.17, 15) is 0 Å². The second-order valence-electron chi connectivity index (χ2n) is 10.5. The summed E-state index contributed by atoms with van der Waals surface area (Å²) in [5.41, 5.74) is 11.0. The van der Waals surface area contributed by atoms with Crippen LogP contribution in [-0.4, -0.2) is 8.97 Å². The number of aromatic nitrogens is 2. The molecular formula is C34H20N2. The van der Waals surface area contributed by atoms with Crippen molar-refractivity contribution < 1.29 is 0 Å². The topological polar surface area (TPSA) is 9.34 Å². The molecule has 0 saturated heterocycles. The molecule has 2 aliphatic rings. The Morgan fingerprint density at radius 3 is 1.97 bits per heavy atom. The van der Waals surface area contributed by atoms with Crippen molar-refractivity contribution in [1.82, 2.24) is 8.97 Å². The number of para-hydroxylation sites is 4. The SMILES string of the molecule is C1=CC2c3cccc4c5ccccc5n(c34)C2c2ccc3c4cccc5c6ccccc6n(c3c21)c54. The van der Waals surface area contributed by atoms with Gasteiger partial charge in [-0.25, -0.2) is 0 Å². The summed E-state index contributed by atoms with van der Waals surface area (Å²) in [6, 6.07) is 36.5. The smallest absolute Gasteiger partial charge is 0.0702 e. The molecule has 2 unspecified atom stereocenters. The molecule has 1 aliphatic heterocycles. The van der Waals surface area contributed by atoms with Crippen LogP contribution in [0.4, 0.5) is 0 Å². The summed E-state index contributed by atoms with van der Waals surface area (Å²) < 4.78 is 5.16. The Hall–Kier alpha value is -4.56.